The van der Waals surface area contributed by atoms with Crippen molar-refractivity contribution in [3.8, 4) is 0 Å². The van der Waals surface area contributed by atoms with Crippen molar-refractivity contribution in [1.29, 1.82) is 0 Å². The van der Waals surface area contributed by atoms with E-state index in [1.54, 1.807) is 7.11 Å². The van der Waals surface area contributed by atoms with Gasteiger partial charge in [0.15, 0.2) is 0 Å². The van der Waals surface area contributed by atoms with Gasteiger partial charge in [0.1, 0.15) is 0 Å². The van der Waals surface area contributed by atoms with Crippen LogP contribution in [0.25, 0.3) is 0 Å². The van der Waals surface area contributed by atoms with Crippen molar-refractivity contribution in [3.63, 3.8) is 0 Å². The molecule has 1 aromatic heterocycles. The molecular weight excluding hydrogens is 252 g/mol. The van der Waals surface area contributed by atoms with Gasteiger partial charge in [-0.15, -0.1) is 0 Å². The van der Waals surface area contributed by atoms with Gasteiger partial charge < -0.3 is 10.1 Å². The third-order valence-electron chi connectivity index (χ3n) is 4.80. The van der Waals surface area contributed by atoms with E-state index in [9.17, 15) is 0 Å². The minimum Gasteiger partial charge on any atom is -0.383 e. The molecule has 20 heavy (non-hydrogen) atoms. The largest absolute Gasteiger partial charge is 0.383 e. The lowest BCUT2D eigenvalue weighted by molar-refractivity contribution is 0.183. The fourth-order valence-corrected chi connectivity index (χ4v) is 3.58. The Kier molecular flexibility index (Phi) is 4.38. The molecule has 2 fully saturated rings. The second-order valence-electron chi connectivity index (χ2n) is 6.32. The minimum absolute atomic E-state index is 0.595. The zero-order valence-corrected chi connectivity index (χ0v) is 12.5. The summed E-state index contributed by atoms with van der Waals surface area (Å²) in [7, 11) is 1.73. The van der Waals surface area contributed by atoms with Crippen molar-refractivity contribution < 1.29 is 4.74 Å². The molecule has 0 atom stereocenters. The van der Waals surface area contributed by atoms with E-state index >= 15 is 0 Å². The van der Waals surface area contributed by atoms with Gasteiger partial charge in [-0.25, -0.2) is 0 Å². The first-order valence-corrected chi connectivity index (χ1v) is 7.73. The SMILES string of the molecule is COCCn1cc(CN2CCC3(CCNCC3)C2)cn1. The molecule has 0 saturated carbocycles. The van der Waals surface area contributed by atoms with Crippen LogP contribution in [0.4, 0.5) is 0 Å². The van der Waals surface area contributed by atoms with E-state index in [2.05, 4.69) is 21.5 Å². The molecule has 0 aliphatic carbocycles. The fourth-order valence-electron chi connectivity index (χ4n) is 3.58. The highest BCUT2D eigenvalue weighted by molar-refractivity contribution is 5.05. The maximum atomic E-state index is 5.09. The number of methoxy groups -OCH3 is 1. The maximum Gasteiger partial charge on any atom is 0.0658 e. The van der Waals surface area contributed by atoms with Crippen LogP contribution in [0.3, 0.4) is 0 Å². The molecule has 2 aliphatic heterocycles. The van der Waals surface area contributed by atoms with Gasteiger partial charge in [-0.3, -0.25) is 9.58 Å². The van der Waals surface area contributed by atoms with Crippen LogP contribution in [0.15, 0.2) is 12.4 Å². The molecule has 112 valence electrons. The van der Waals surface area contributed by atoms with Gasteiger partial charge in [0.2, 0.25) is 0 Å². The summed E-state index contributed by atoms with van der Waals surface area (Å²) in [5.41, 5.74) is 1.92. The number of ether oxygens (including phenoxy) is 1. The lowest BCUT2D eigenvalue weighted by Crippen LogP contribution is -2.38. The zero-order valence-electron chi connectivity index (χ0n) is 12.5. The Morgan fingerprint density at radius 1 is 1.35 bits per heavy atom. The van der Waals surface area contributed by atoms with Crippen LogP contribution in [-0.2, 0) is 17.8 Å². The van der Waals surface area contributed by atoms with Crippen LogP contribution >= 0.6 is 0 Å². The molecule has 3 rings (SSSR count). The first kappa shape index (κ1) is 14.0. The van der Waals surface area contributed by atoms with Crippen molar-refractivity contribution >= 4 is 0 Å². The number of rotatable bonds is 5. The number of aromatic nitrogens is 2. The zero-order chi connectivity index (χ0) is 13.8. The molecule has 0 bridgehead atoms. The maximum absolute atomic E-state index is 5.09. The fraction of sp³-hybridized carbons (Fsp3) is 0.800. The van der Waals surface area contributed by atoms with Gasteiger partial charge in [-0.2, -0.15) is 5.10 Å². The lowest BCUT2D eigenvalue weighted by atomic mass is 9.78. The molecule has 3 heterocycles. The van der Waals surface area contributed by atoms with Crippen molar-refractivity contribution in [1.82, 2.24) is 20.0 Å². The molecule has 0 radical (unpaired) electrons. The molecule has 2 aliphatic rings. The summed E-state index contributed by atoms with van der Waals surface area (Å²) in [5.74, 6) is 0. The Bertz CT molecular complexity index is 425. The van der Waals surface area contributed by atoms with Crippen LogP contribution in [0.5, 0.6) is 0 Å². The van der Waals surface area contributed by atoms with Crippen LogP contribution in [0.1, 0.15) is 24.8 Å². The smallest absolute Gasteiger partial charge is 0.0658 e. The first-order valence-electron chi connectivity index (χ1n) is 7.73. The van der Waals surface area contributed by atoms with Gasteiger partial charge >= 0.3 is 0 Å². The highest BCUT2D eigenvalue weighted by Gasteiger charge is 2.38. The predicted octanol–water partition coefficient (Wildman–Crippen LogP) is 1.11. The molecule has 1 N–H and O–H groups in total. The summed E-state index contributed by atoms with van der Waals surface area (Å²) in [6, 6.07) is 0. The van der Waals surface area contributed by atoms with Crippen LogP contribution < -0.4 is 5.32 Å². The van der Waals surface area contributed by atoms with Gasteiger partial charge in [0.05, 0.1) is 19.3 Å². The third kappa shape index (κ3) is 3.22. The van der Waals surface area contributed by atoms with E-state index in [0.717, 1.165) is 19.7 Å². The van der Waals surface area contributed by atoms with Gasteiger partial charge in [0.25, 0.3) is 0 Å². The Morgan fingerprint density at radius 3 is 3.00 bits per heavy atom. The second-order valence-corrected chi connectivity index (χ2v) is 6.32. The number of nitrogens with zero attached hydrogens (tertiary/aromatic N) is 3. The molecule has 0 amide bonds. The molecule has 5 nitrogen and oxygen atoms in total. The van der Waals surface area contributed by atoms with Crippen molar-refractivity contribution in [3.05, 3.63) is 18.0 Å². The van der Waals surface area contributed by atoms with Crippen LogP contribution in [-0.4, -0.2) is 54.6 Å². The van der Waals surface area contributed by atoms with Crippen LogP contribution in [0.2, 0.25) is 0 Å². The molecule has 1 aromatic rings. The molecule has 0 unspecified atom stereocenters. The Labute approximate surface area is 121 Å². The number of likely N-dealkylation sites (tertiary alicyclic amines) is 1. The third-order valence-corrected chi connectivity index (χ3v) is 4.80. The summed E-state index contributed by atoms with van der Waals surface area (Å²) >= 11 is 0. The quantitative estimate of drug-likeness (QED) is 0.876. The summed E-state index contributed by atoms with van der Waals surface area (Å²) in [4.78, 5) is 2.60. The van der Waals surface area contributed by atoms with E-state index < -0.39 is 0 Å². The second kappa shape index (κ2) is 6.24. The Morgan fingerprint density at radius 2 is 2.20 bits per heavy atom. The topological polar surface area (TPSA) is 42.3 Å². The Balaban J connectivity index is 1.52. The molecule has 0 aromatic carbocycles. The van der Waals surface area contributed by atoms with E-state index in [1.165, 1.54) is 51.0 Å². The number of hydrogen-bond donors (Lipinski definition) is 1. The number of piperidine rings is 1. The van der Waals surface area contributed by atoms with Gasteiger partial charge in [0, 0.05) is 32.0 Å². The molecule has 1 spiro atoms. The van der Waals surface area contributed by atoms with E-state index in [0.29, 0.717) is 5.41 Å². The highest BCUT2D eigenvalue weighted by atomic mass is 16.5. The van der Waals surface area contributed by atoms with Crippen molar-refractivity contribution in [2.24, 2.45) is 5.41 Å². The van der Waals surface area contributed by atoms with E-state index in [1.807, 2.05) is 10.9 Å². The van der Waals surface area contributed by atoms with Gasteiger partial charge in [-0.05, 0) is 44.3 Å². The summed E-state index contributed by atoms with van der Waals surface area (Å²) < 4.78 is 7.07. The average molecular weight is 278 g/mol. The minimum atomic E-state index is 0.595. The van der Waals surface area contributed by atoms with Crippen LogP contribution in [0, 0.1) is 5.41 Å². The predicted molar refractivity (Wildman–Crippen MR) is 78.5 cm³/mol. The monoisotopic (exact) mass is 278 g/mol. The lowest BCUT2D eigenvalue weighted by Gasteiger charge is -2.33. The summed E-state index contributed by atoms with van der Waals surface area (Å²) in [6.07, 6.45) is 8.22. The van der Waals surface area contributed by atoms with Crippen molar-refractivity contribution in [2.75, 3.05) is 39.9 Å². The average Bonchev–Trinajstić information content (AvgIpc) is 3.06. The van der Waals surface area contributed by atoms with Gasteiger partial charge in [-0.1, -0.05) is 0 Å². The number of nitrogens with one attached hydrogen (secondary N) is 1. The first-order chi connectivity index (χ1) is 9.80. The standard InChI is InChI=1S/C15H26N4O/c1-20-9-8-19-12-14(10-17-19)11-18-7-4-15(13-18)2-5-16-6-3-15/h10,12,16H,2-9,11,13H2,1H3. The Hall–Kier alpha value is -0.910. The van der Waals surface area contributed by atoms with Crippen molar-refractivity contribution in [2.45, 2.75) is 32.4 Å². The highest BCUT2D eigenvalue weighted by Crippen LogP contribution is 2.38. The molecule has 5 heteroatoms. The number of hydrogen-bond acceptors (Lipinski definition) is 4. The van der Waals surface area contributed by atoms with E-state index in [4.69, 9.17) is 4.74 Å². The van der Waals surface area contributed by atoms with E-state index in [-0.39, 0.29) is 0 Å². The molecular formula is C15H26N4O. The summed E-state index contributed by atoms with van der Waals surface area (Å²) in [5, 5.41) is 7.88. The summed E-state index contributed by atoms with van der Waals surface area (Å²) in [6.45, 7) is 7.50. The molecule has 2 saturated heterocycles. The normalized spacial score (nSPS) is 22.6.